The zero-order valence-electron chi connectivity index (χ0n) is 10.8. The molecule has 0 unspecified atom stereocenters. The third kappa shape index (κ3) is 3.50. The Hall–Kier alpha value is -2.04. The standard InChI is InChI=1S/C15H13F4N/c1-10-5-6-13(16)14(7-10)20-9-11-3-2-4-12(8-11)15(17,18)19/h2-8,20H,9H2,1H3. The van der Waals surface area contributed by atoms with Gasteiger partial charge in [0, 0.05) is 6.54 Å². The number of rotatable bonds is 3. The van der Waals surface area contributed by atoms with Crippen molar-refractivity contribution in [2.24, 2.45) is 0 Å². The van der Waals surface area contributed by atoms with Gasteiger partial charge in [-0.1, -0.05) is 18.2 Å². The summed E-state index contributed by atoms with van der Waals surface area (Å²) in [5.74, 6) is -0.428. The van der Waals surface area contributed by atoms with Crippen LogP contribution in [0.5, 0.6) is 0 Å². The summed E-state index contributed by atoms with van der Waals surface area (Å²) in [4.78, 5) is 0. The Balaban J connectivity index is 2.13. The van der Waals surface area contributed by atoms with Gasteiger partial charge < -0.3 is 5.32 Å². The molecule has 106 valence electrons. The Labute approximate surface area is 114 Å². The smallest absolute Gasteiger partial charge is 0.379 e. The van der Waals surface area contributed by atoms with Gasteiger partial charge in [-0.25, -0.2) is 4.39 Å². The van der Waals surface area contributed by atoms with Gasteiger partial charge in [0.2, 0.25) is 0 Å². The third-order valence-corrected chi connectivity index (χ3v) is 2.86. The first-order valence-corrected chi connectivity index (χ1v) is 6.02. The number of anilines is 1. The molecule has 20 heavy (non-hydrogen) atoms. The highest BCUT2D eigenvalue weighted by Crippen LogP contribution is 2.29. The Morgan fingerprint density at radius 2 is 1.80 bits per heavy atom. The summed E-state index contributed by atoms with van der Waals surface area (Å²) in [5, 5.41) is 2.81. The van der Waals surface area contributed by atoms with Gasteiger partial charge in [0.05, 0.1) is 11.3 Å². The van der Waals surface area contributed by atoms with E-state index >= 15 is 0 Å². The van der Waals surface area contributed by atoms with Crippen LogP contribution < -0.4 is 5.32 Å². The Morgan fingerprint density at radius 3 is 2.50 bits per heavy atom. The predicted octanol–water partition coefficient (Wildman–Crippen LogP) is 4.77. The summed E-state index contributed by atoms with van der Waals surface area (Å²) in [7, 11) is 0. The van der Waals surface area contributed by atoms with E-state index in [1.807, 2.05) is 6.92 Å². The summed E-state index contributed by atoms with van der Waals surface area (Å²) in [6.45, 7) is 1.94. The van der Waals surface area contributed by atoms with Crippen LogP contribution in [-0.2, 0) is 12.7 Å². The van der Waals surface area contributed by atoms with Gasteiger partial charge in [-0.15, -0.1) is 0 Å². The lowest BCUT2D eigenvalue weighted by molar-refractivity contribution is -0.137. The number of aryl methyl sites for hydroxylation is 1. The van der Waals surface area contributed by atoms with Crippen LogP contribution in [-0.4, -0.2) is 0 Å². The van der Waals surface area contributed by atoms with E-state index in [0.29, 0.717) is 5.56 Å². The maximum Gasteiger partial charge on any atom is 0.416 e. The lowest BCUT2D eigenvalue weighted by atomic mass is 10.1. The van der Waals surface area contributed by atoms with Crippen LogP contribution in [0.15, 0.2) is 42.5 Å². The van der Waals surface area contributed by atoms with E-state index in [-0.39, 0.29) is 12.2 Å². The van der Waals surface area contributed by atoms with Crippen molar-refractivity contribution < 1.29 is 17.6 Å². The second kappa shape index (κ2) is 5.53. The third-order valence-electron chi connectivity index (χ3n) is 2.86. The Bertz CT molecular complexity index is 605. The van der Waals surface area contributed by atoms with Crippen molar-refractivity contribution in [3.05, 3.63) is 65.0 Å². The van der Waals surface area contributed by atoms with Crippen LogP contribution in [0.1, 0.15) is 16.7 Å². The van der Waals surface area contributed by atoms with Crippen LogP contribution in [0.3, 0.4) is 0 Å². The molecular formula is C15H13F4N. The number of halogens is 4. The number of nitrogens with one attached hydrogen (secondary N) is 1. The minimum Gasteiger partial charge on any atom is -0.379 e. The molecule has 2 aromatic rings. The minimum absolute atomic E-state index is 0.129. The maximum absolute atomic E-state index is 13.5. The molecule has 0 fully saturated rings. The van der Waals surface area contributed by atoms with Gasteiger partial charge in [0.1, 0.15) is 5.82 Å². The molecule has 0 aliphatic rings. The average Bonchev–Trinajstić information content (AvgIpc) is 2.39. The molecule has 2 aromatic carbocycles. The fraction of sp³-hybridized carbons (Fsp3) is 0.200. The first-order chi connectivity index (χ1) is 9.36. The van der Waals surface area contributed by atoms with Crippen LogP contribution >= 0.6 is 0 Å². The van der Waals surface area contributed by atoms with E-state index in [1.54, 1.807) is 18.2 Å². The molecule has 2 rings (SSSR count). The zero-order valence-corrected chi connectivity index (χ0v) is 10.8. The molecule has 0 aliphatic heterocycles. The maximum atomic E-state index is 13.5. The molecule has 0 atom stereocenters. The van der Waals surface area contributed by atoms with Gasteiger partial charge in [0.25, 0.3) is 0 Å². The van der Waals surface area contributed by atoms with Crippen LogP contribution in [0, 0.1) is 12.7 Å². The quantitative estimate of drug-likeness (QED) is 0.800. The molecule has 0 saturated heterocycles. The summed E-state index contributed by atoms with van der Waals surface area (Å²) in [5.41, 5.74) is 0.891. The first kappa shape index (κ1) is 14.4. The molecule has 0 aromatic heterocycles. The van der Waals surface area contributed by atoms with Gasteiger partial charge in [-0.2, -0.15) is 13.2 Å². The van der Waals surface area contributed by atoms with E-state index < -0.39 is 17.6 Å². The van der Waals surface area contributed by atoms with Crippen molar-refractivity contribution in [2.75, 3.05) is 5.32 Å². The van der Waals surface area contributed by atoms with Crippen molar-refractivity contribution >= 4 is 5.69 Å². The predicted molar refractivity (Wildman–Crippen MR) is 69.9 cm³/mol. The van der Waals surface area contributed by atoms with E-state index in [1.165, 1.54) is 12.1 Å². The van der Waals surface area contributed by atoms with Gasteiger partial charge >= 0.3 is 6.18 Å². The van der Waals surface area contributed by atoms with Crippen LogP contribution in [0.4, 0.5) is 23.2 Å². The van der Waals surface area contributed by atoms with E-state index in [9.17, 15) is 17.6 Å². The normalized spacial score (nSPS) is 11.4. The molecule has 0 saturated carbocycles. The monoisotopic (exact) mass is 283 g/mol. The highest BCUT2D eigenvalue weighted by molar-refractivity contribution is 5.47. The lowest BCUT2D eigenvalue weighted by Gasteiger charge is -2.11. The molecule has 5 heteroatoms. The van der Waals surface area contributed by atoms with Crippen molar-refractivity contribution in [3.8, 4) is 0 Å². The Kier molecular flexibility index (Phi) is 3.97. The first-order valence-electron chi connectivity index (χ1n) is 6.02. The second-order valence-corrected chi connectivity index (χ2v) is 4.53. The number of alkyl halides is 3. The minimum atomic E-state index is -4.37. The zero-order chi connectivity index (χ0) is 14.8. The number of hydrogen-bond acceptors (Lipinski definition) is 1. The highest BCUT2D eigenvalue weighted by Gasteiger charge is 2.30. The molecule has 0 radical (unpaired) electrons. The van der Waals surface area contributed by atoms with Crippen LogP contribution in [0.25, 0.3) is 0 Å². The topological polar surface area (TPSA) is 12.0 Å². The van der Waals surface area contributed by atoms with E-state index in [4.69, 9.17) is 0 Å². The largest absolute Gasteiger partial charge is 0.416 e. The Morgan fingerprint density at radius 1 is 1.05 bits per heavy atom. The molecule has 0 amide bonds. The molecular weight excluding hydrogens is 270 g/mol. The molecule has 1 N–H and O–H groups in total. The molecule has 0 heterocycles. The van der Waals surface area contributed by atoms with Gasteiger partial charge in [-0.3, -0.25) is 0 Å². The molecule has 0 spiro atoms. The SMILES string of the molecule is Cc1ccc(F)c(NCc2cccc(C(F)(F)F)c2)c1. The summed E-state index contributed by atoms with van der Waals surface area (Å²) in [6, 6.07) is 9.54. The molecule has 0 aliphatic carbocycles. The summed E-state index contributed by atoms with van der Waals surface area (Å²) < 4.78 is 51.2. The fourth-order valence-corrected chi connectivity index (χ4v) is 1.83. The average molecular weight is 283 g/mol. The number of hydrogen-bond donors (Lipinski definition) is 1. The molecule has 1 nitrogen and oxygen atoms in total. The van der Waals surface area contributed by atoms with Crippen LogP contribution in [0.2, 0.25) is 0 Å². The van der Waals surface area contributed by atoms with Crippen molar-refractivity contribution in [3.63, 3.8) is 0 Å². The number of benzene rings is 2. The van der Waals surface area contributed by atoms with Crippen molar-refractivity contribution in [1.82, 2.24) is 0 Å². The van der Waals surface area contributed by atoms with Gasteiger partial charge in [-0.05, 0) is 42.3 Å². The van der Waals surface area contributed by atoms with Gasteiger partial charge in [0.15, 0.2) is 0 Å². The van der Waals surface area contributed by atoms with Crippen molar-refractivity contribution in [1.29, 1.82) is 0 Å². The highest BCUT2D eigenvalue weighted by atomic mass is 19.4. The lowest BCUT2D eigenvalue weighted by Crippen LogP contribution is -2.07. The second-order valence-electron chi connectivity index (χ2n) is 4.53. The van der Waals surface area contributed by atoms with E-state index in [0.717, 1.165) is 17.7 Å². The fourth-order valence-electron chi connectivity index (χ4n) is 1.83. The van der Waals surface area contributed by atoms with E-state index in [2.05, 4.69) is 5.32 Å². The summed E-state index contributed by atoms with van der Waals surface area (Å²) >= 11 is 0. The van der Waals surface area contributed by atoms with Crippen molar-refractivity contribution in [2.45, 2.75) is 19.6 Å². The summed E-state index contributed by atoms with van der Waals surface area (Å²) in [6.07, 6.45) is -4.37. The molecule has 0 bridgehead atoms.